The van der Waals surface area contributed by atoms with Crippen LogP contribution < -0.4 is 10.5 Å². The first-order chi connectivity index (χ1) is 13.5. The zero-order valence-electron chi connectivity index (χ0n) is 14.6. The lowest BCUT2D eigenvalue weighted by Crippen LogP contribution is -2.09. The second-order valence-corrected chi connectivity index (χ2v) is 8.72. The summed E-state index contributed by atoms with van der Waals surface area (Å²) in [6.45, 7) is 0.419. The number of nitrogens with two attached hydrogens (primary N) is 1. The summed E-state index contributed by atoms with van der Waals surface area (Å²) in [7, 11) is -3.76. The van der Waals surface area contributed by atoms with Crippen LogP contribution in [0, 0.1) is 0 Å². The Morgan fingerprint density at radius 1 is 1.11 bits per heavy atom. The van der Waals surface area contributed by atoms with Crippen molar-refractivity contribution in [1.82, 2.24) is 19.7 Å². The van der Waals surface area contributed by atoms with Gasteiger partial charge >= 0.3 is 0 Å². The molecule has 0 aliphatic rings. The molecule has 0 bridgehead atoms. The van der Waals surface area contributed by atoms with Gasteiger partial charge in [0.25, 0.3) is 0 Å². The molecule has 3 heterocycles. The van der Waals surface area contributed by atoms with Crippen LogP contribution in [0.5, 0.6) is 0 Å². The lowest BCUT2D eigenvalue weighted by molar-refractivity contribution is 0.599. The fraction of sp³-hybridized carbons (Fsp3) is 0.0556. The normalized spacial score (nSPS) is 11.5. The minimum absolute atomic E-state index is 0.0179. The van der Waals surface area contributed by atoms with E-state index in [0.29, 0.717) is 11.7 Å². The smallest absolute Gasteiger partial charge is 0.249 e. The van der Waals surface area contributed by atoms with Gasteiger partial charge in [0, 0.05) is 36.3 Å². The highest BCUT2D eigenvalue weighted by molar-refractivity contribution is 7.91. The summed E-state index contributed by atoms with van der Waals surface area (Å²) in [6.07, 6.45) is 6.62. The van der Waals surface area contributed by atoms with Crippen LogP contribution in [0.4, 0.5) is 5.13 Å². The third-order valence-electron chi connectivity index (χ3n) is 3.96. The molecule has 4 aromatic rings. The van der Waals surface area contributed by atoms with E-state index in [0.717, 1.165) is 33.8 Å². The van der Waals surface area contributed by atoms with Crippen LogP contribution in [0.3, 0.4) is 0 Å². The molecule has 10 heteroatoms. The number of primary sulfonamides is 1. The monoisotopic (exact) mass is 412 g/mol. The zero-order valence-corrected chi connectivity index (χ0v) is 16.2. The molecule has 0 radical (unpaired) electrons. The molecule has 0 aliphatic heterocycles. The van der Waals surface area contributed by atoms with Gasteiger partial charge in [-0.2, -0.15) is 5.10 Å². The molecule has 1 aromatic carbocycles. The van der Waals surface area contributed by atoms with Crippen LogP contribution >= 0.6 is 11.3 Å². The summed E-state index contributed by atoms with van der Waals surface area (Å²) < 4.78 is 24.7. The third-order valence-corrected chi connectivity index (χ3v) is 6.32. The van der Waals surface area contributed by atoms with E-state index in [-0.39, 0.29) is 4.21 Å². The first kappa shape index (κ1) is 18.3. The van der Waals surface area contributed by atoms with E-state index < -0.39 is 10.0 Å². The molecule has 0 spiro atoms. The molecule has 8 nitrogen and oxygen atoms in total. The predicted octanol–water partition coefficient (Wildman–Crippen LogP) is 2.65. The Kier molecular flexibility index (Phi) is 4.90. The fourth-order valence-corrected chi connectivity index (χ4v) is 4.10. The van der Waals surface area contributed by atoms with Crippen molar-refractivity contribution in [1.29, 1.82) is 0 Å². The number of nitrogens with one attached hydrogen (secondary N) is 1. The van der Waals surface area contributed by atoms with Crippen molar-refractivity contribution in [2.75, 3.05) is 5.32 Å². The summed E-state index contributed by atoms with van der Waals surface area (Å²) in [6, 6.07) is 13.6. The lowest BCUT2D eigenvalue weighted by atomic mass is 10.1. The molecule has 4 rings (SSSR count). The standard InChI is InChI=1S/C18H16N6O2S2/c19-28(25,26)16-11-22-18(27-16)21-10-14-12-24(15-4-2-1-3-5-15)23-17(14)13-6-8-20-9-7-13/h1-9,11-12H,10H2,(H,21,22)(H2,19,25,26). The minimum Gasteiger partial charge on any atom is -0.357 e. The summed E-state index contributed by atoms with van der Waals surface area (Å²) in [5.74, 6) is 0. The zero-order chi connectivity index (χ0) is 19.6. The van der Waals surface area contributed by atoms with E-state index in [1.54, 1.807) is 12.4 Å². The Morgan fingerprint density at radius 2 is 1.86 bits per heavy atom. The van der Waals surface area contributed by atoms with Gasteiger partial charge in [-0.15, -0.1) is 0 Å². The van der Waals surface area contributed by atoms with Crippen molar-refractivity contribution in [3.63, 3.8) is 0 Å². The fourth-order valence-electron chi connectivity index (χ4n) is 2.65. The van der Waals surface area contributed by atoms with Gasteiger partial charge in [-0.3, -0.25) is 4.98 Å². The number of para-hydroxylation sites is 1. The Labute approximate surface area is 165 Å². The first-order valence-electron chi connectivity index (χ1n) is 8.27. The highest BCUT2D eigenvalue weighted by atomic mass is 32.2. The van der Waals surface area contributed by atoms with E-state index in [4.69, 9.17) is 10.2 Å². The Hall–Kier alpha value is -3.08. The molecule has 0 atom stereocenters. The molecule has 0 unspecified atom stereocenters. The number of hydrogen-bond acceptors (Lipinski definition) is 7. The maximum absolute atomic E-state index is 11.4. The van der Waals surface area contributed by atoms with E-state index in [2.05, 4.69) is 15.3 Å². The Morgan fingerprint density at radius 3 is 2.54 bits per heavy atom. The molecule has 142 valence electrons. The topological polar surface area (TPSA) is 116 Å². The molecule has 0 aliphatic carbocycles. The van der Waals surface area contributed by atoms with Crippen LogP contribution in [0.2, 0.25) is 0 Å². The number of thiazole rings is 1. The second-order valence-electron chi connectivity index (χ2n) is 5.90. The summed E-state index contributed by atoms with van der Waals surface area (Å²) in [5.41, 5.74) is 3.62. The van der Waals surface area contributed by atoms with E-state index >= 15 is 0 Å². The highest BCUT2D eigenvalue weighted by Crippen LogP contribution is 2.26. The SMILES string of the molecule is NS(=O)(=O)c1cnc(NCc2cn(-c3ccccc3)nc2-c2ccncc2)s1. The summed E-state index contributed by atoms with van der Waals surface area (Å²) in [4.78, 5) is 8.13. The van der Waals surface area contributed by atoms with E-state index in [1.807, 2.05) is 53.3 Å². The van der Waals surface area contributed by atoms with Gasteiger partial charge in [-0.25, -0.2) is 23.2 Å². The number of pyridine rings is 1. The van der Waals surface area contributed by atoms with Crippen LogP contribution in [0.15, 0.2) is 71.5 Å². The van der Waals surface area contributed by atoms with Gasteiger partial charge in [0.2, 0.25) is 10.0 Å². The maximum Gasteiger partial charge on any atom is 0.249 e. The van der Waals surface area contributed by atoms with Gasteiger partial charge in [0.05, 0.1) is 17.6 Å². The van der Waals surface area contributed by atoms with Gasteiger partial charge in [0.15, 0.2) is 9.34 Å². The number of benzene rings is 1. The second kappa shape index (κ2) is 7.50. The molecule has 0 saturated carbocycles. The number of rotatable bonds is 6. The van der Waals surface area contributed by atoms with E-state index in [1.165, 1.54) is 6.20 Å². The van der Waals surface area contributed by atoms with Crippen LogP contribution in [0.25, 0.3) is 16.9 Å². The molecule has 0 saturated heterocycles. The Balaban J connectivity index is 1.65. The molecular formula is C18H16N6O2S2. The van der Waals surface area contributed by atoms with Gasteiger partial charge in [-0.1, -0.05) is 29.5 Å². The van der Waals surface area contributed by atoms with Gasteiger partial charge in [-0.05, 0) is 24.3 Å². The van der Waals surface area contributed by atoms with E-state index in [9.17, 15) is 8.42 Å². The van der Waals surface area contributed by atoms with Gasteiger partial charge < -0.3 is 5.32 Å². The average molecular weight is 413 g/mol. The predicted molar refractivity (Wildman–Crippen MR) is 108 cm³/mol. The van der Waals surface area contributed by atoms with Crippen molar-refractivity contribution in [2.45, 2.75) is 10.8 Å². The van der Waals surface area contributed by atoms with Crippen molar-refractivity contribution in [2.24, 2.45) is 5.14 Å². The number of hydrogen-bond donors (Lipinski definition) is 2. The first-order valence-corrected chi connectivity index (χ1v) is 10.6. The third kappa shape index (κ3) is 3.93. The lowest BCUT2D eigenvalue weighted by Gasteiger charge is -2.03. The van der Waals surface area contributed by atoms with Crippen molar-refractivity contribution < 1.29 is 8.42 Å². The van der Waals surface area contributed by atoms with Crippen molar-refractivity contribution >= 4 is 26.5 Å². The van der Waals surface area contributed by atoms with Crippen LogP contribution in [-0.4, -0.2) is 28.2 Å². The summed E-state index contributed by atoms with van der Waals surface area (Å²) in [5, 5.41) is 13.5. The average Bonchev–Trinajstić information content (AvgIpc) is 3.35. The van der Waals surface area contributed by atoms with Crippen molar-refractivity contribution in [3.8, 4) is 16.9 Å². The molecule has 0 amide bonds. The summed E-state index contributed by atoms with van der Waals surface area (Å²) >= 11 is 0.992. The molecule has 0 fully saturated rings. The number of sulfonamides is 1. The maximum atomic E-state index is 11.4. The van der Waals surface area contributed by atoms with Crippen LogP contribution in [-0.2, 0) is 16.6 Å². The Bertz CT molecular complexity index is 1190. The molecular weight excluding hydrogens is 396 g/mol. The largest absolute Gasteiger partial charge is 0.357 e. The number of nitrogens with zero attached hydrogens (tertiary/aromatic N) is 4. The quantitative estimate of drug-likeness (QED) is 0.503. The molecule has 3 N–H and O–H groups in total. The molecule has 28 heavy (non-hydrogen) atoms. The number of aromatic nitrogens is 4. The number of anilines is 1. The highest BCUT2D eigenvalue weighted by Gasteiger charge is 2.15. The van der Waals surface area contributed by atoms with Crippen LogP contribution in [0.1, 0.15) is 5.56 Å². The minimum atomic E-state index is -3.76. The molecule has 3 aromatic heterocycles. The van der Waals surface area contributed by atoms with Gasteiger partial charge in [0.1, 0.15) is 0 Å². The van der Waals surface area contributed by atoms with Crippen molar-refractivity contribution in [3.05, 3.63) is 72.8 Å².